The Balaban J connectivity index is 0.000000145. The SMILES string of the molecule is CCO.COC(=O)CCBr.COC(=O)CCN1C(=O)C2(NC1=S)c1cc(C#CC3CC3)ccc1CC21CCC(OC)CC1.COC(=O)CCN1C(=O)NC2(C1=O)c1cc(C#CC3CC3)ccc1CC21CCC(OC)CC1.COC(=O)CCN1C(=O)NC2(C1=O)c1cc(C#CC3CC3)ccc1CC21CCC(OC)CC1.COC1CCC2(CC1)Cc1ccc(C#CC3CC3)cc1C21N=C(N)N(CCC(N)=O)C1=O.NO. The van der Waals surface area contributed by atoms with Crippen LogP contribution in [0.15, 0.2) is 77.8 Å². The van der Waals surface area contributed by atoms with Crippen molar-refractivity contribution >= 4 is 105 Å². The number of carbonyl (C=O) groups is 11. The summed E-state index contributed by atoms with van der Waals surface area (Å²) >= 11 is 8.75. The molecule has 4 heterocycles. The highest BCUT2D eigenvalue weighted by atomic mass is 79.9. The molecule has 143 heavy (non-hydrogen) atoms. The van der Waals surface area contributed by atoms with Gasteiger partial charge in [-0.3, -0.25) is 62.8 Å². The number of fused-ring (bicyclic) bond motifs is 12. The van der Waals surface area contributed by atoms with Crippen molar-refractivity contribution in [1.29, 1.82) is 0 Å². The number of imide groups is 2. The number of nitrogens with one attached hydrogen (secondary N) is 3. The van der Waals surface area contributed by atoms with Crippen molar-refractivity contribution in [3.63, 3.8) is 0 Å². The molecule has 0 bridgehead atoms. The monoisotopic (exact) mass is 2050 g/mol. The summed E-state index contributed by atoms with van der Waals surface area (Å²) in [6, 6.07) is 23.8. The first-order chi connectivity index (χ1) is 68.9. The van der Waals surface area contributed by atoms with E-state index in [0.717, 1.165) is 215 Å². The van der Waals surface area contributed by atoms with E-state index in [2.05, 4.69) is 132 Å². The number of halogens is 1. The third-order valence-electron chi connectivity index (χ3n) is 32.0. The van der Waals surface area contributed by atoms with Gasteiger partial charge in [-0.05, 0) is 292 Å². The Kier molecular flexibility index (Phi) is 34.7. The zero-order valence-corrected chi connectivity index (χ0v) is 85.9. The van der Waals surface area contributed by atoms with E-state index in [0.29, 0.717) is 40.5 Å². The van der Waals surface area contributed by atoms with Gasteiger partial charge in [-0.1, -0.05) is 87.6 Å². The Morgan fingerprint density at radius 1 is 0.406 bits per heavy atom. The molecule has 16 aliphatic rings. The third kappa shape index (κ3) is 21.8. The first-order valence-corrected chi connectivity index (χ1v) is 51.7. The van der Waals surface area contributed by atoms with E-state index in [-0.39, 0.29) is 135 Å². The minimum Gasteiger partial charge on any atom is -0.469 e. The van der Waals surface area contributed by atoms with Crippen LogP contribution in [0, 0.1) is 92.7 Å². The topological polar surface area (TPSA) is 442 Å². The molecular weight excluding hydrogens is 1910 g/mol. The maximum absolute atomic E-state index is 14.2. The number of aliphatic imine (C=N–C) groups is 1. The van der Waals surface area contributed by atoms with E-state index in [1.165, 1.54) is 74.4 Å². The minimum absolute atomic E-state index is 0.00633. The lowest BCUT2D eigenvalue weighted by atomic mass is 9.61. The second-order valence-electron chi connectivity index (χ2n) is 40.3. The van der Waals surface area contributed by atoms with E-state index in [1.54, 1.807) is 40.3 Å². The number of carbonyl (C=O) groups excluding carboxylic acids is 11. The molecule has 32 nitrogen and oxygen atoms in total. The fourth-order valence-corrected chi connectivity index (χ4v) is 24.4. The van der Waals surface area contributed by atoms with Gasteiger partial charge in [0.1, 0.15) is 0 Å². The van der Waals surface area contributed by atoms with Crippen LogP contribution >= 0.6 is 28.1 Å². The van der Waals surface area contributed by atoms with E-state index in [9.17, 15) is 52.7 Å². The smallest absolute Gasteiger partial charge is 0.325 e. The predicted octanol–water partition coefficient (Wildman–Crippen LogP) is 10.9. The first kappa shape index (κ1) is 108. The molecule has 4 atom stereocenters. The van der Waals surface area contributed by atoms with Crippen molar-refractivity contribution in [3.8, 4) is 47.4 Å². The minimum atomic E-state index is -1.13. The zero-order valence-electron chi connectivity index (χ0n) is 83.5. The van der Waals surface area contributed by atoms with Gasteiger partial charge < -0.3 is 75.6 Å². The first-order valence-electron chi connectivity index (χ1n) is 50.2. The van der Waals surface area contributed by atoms with Crippen LogP contribution < -0.4 is 33.3 Å². The van der Waals surface area contributed by atoms with Crippen molar-refractivity contribution in [1.82, 2.24) is 35.6 Å². The van der Waals surface area contributed by atoms with Crippen molar-refractivity contribution in [2.75, 3.05) is 95.0 Å². The van der Waals surface area contributed by atoms with Gasteiger partial charge >= 0.3 is 35.9 Å². The number of rotatable bonds is 18. The van der Waals surface area contributed by atoms with Crippen LogP contribution in [0.25, 0.3) is 0 Å². The molecule has 9 amide bonds. The quantitative estimate of drug-likeness (QED) is 0.00872. The van der Waals surface area contributed by atoms with Crippen molar-refractivity contribution in [2.24, 2.45) is 67.7 Å². The standard InChI is InChI=1S/2C26H30N2O5.C26H30N2O4S.C25H30N4O3.C4H7BrO2.C2H6O.H3NO/c2*1-32-20-9-12-25(13-10-20)16-19-8-7-18(6-5-17-3-4-17)15-21(19)26(25)23(30)28(24(31)27-26)14-11-22(29)33-2;1-31-20-9-12-25(13-10-20)16-19-8-7-18(6-5-17-3-4-17)15-21(19)26(25)23(30)28(24(33)27-26)14-11-22(29)32-2;1-32-19-8-11-24(12-9-19)15-18-7-6-17(5-4-16-2-3-16)14-20(18)25(24)22(31)29(23(27)28-25)13-10-21(26)30;1-7-4(6)2-3-5;1-2-3;1-2/h2*7-8,15,17,20H,3-4,9-14,16H2,1-2H3,(H,27,31);7-8,15,17,20H,3-4,9-14,16H2,1-2H3,(H,27,33);6-7,14,16,19H,2-3,8-13,15H2,1H3,(H2,26,30)(H2,27,28);2-3H2,1H3;3H,2H2,1H3;2H,1H2. The number of primary amides is 1. The highest BCUT2D eigenvalue weighted by molar-refractivity contribution is 9.09. The summed E-state index contributed by atoms with van der Waals surface area (Å²) < 4.78 is 41.0. The molecule has 20 rings (SSSR count). The van der Waals surface area contributed by atoms with Crippen LogP contribution in [-0.4, -0.2) is 226 Å². The second kappa shape index (κ2) is 46.1. The number of hydrogen-bond acceptors (Lipinski definition) is 25. The number of aliphatic hydroxyl groups is 1. The molecule has 11 N–H and O–H groups in total. The van der Waals surface area contributed by atoms with Gasteiger partial charge in [0.15, 0.2) is 33.2 Å². The lowest BCUT2D eigenvalue weighted by molar-refractivity contribution is -0.144. The number of alkyl halides is 1. The van der Waals surface area contributed by atoms with Crippen LogP contribution in [-0.2, 0) is 129 Å². The molecule has 3 saturated heterocycles. The number of esters is 4. The Hall–Kier alpha value is -11.2. The number of urea groups is 2. The fourth-order valence-electron chi connectivity index (χ4n) is 23.7. The van der Waals surface area contributed by atoms with Crippen LogP contribution in [0.3, 0.4) is 0 Å². The molecule has 4 aromatic carbocycles. The van der Waals surface area contributed by atoms with Crippen LogP contribution in [0.4, 0.5) is 9.59 Å². The van der Waals surface area contributed by atoms with E-state index < -0.39 is 62.9 Å². The molecule has 0 radical (unpaired) electrons. The summed E-state index contributed by atoms with van der Waals surface area (Å²) in [5, 5.41) is 24.9. The maximum Gasteiger partial charge on any atom is 0.325 e. The van der Waals surface area contributed by atoms with Crippen LogP contribution in [0.5, 0.6) is 0 Å². The number of guanidine groups is 1. The Morgan fingerprint density at radius 2 is 0.678 bits per heavy atom. The number of nitrogens with two attached hydrogens (primary N) is 3. The molecule has 8 spiro atoms. The molecule has 0 aromatic heterocycles. The molecule has 8 saturated carbocycles. The Morgan fingerprint density at radius 3 is 0.972 bits per heavy atom. The van der Waals surface area contributed by atoms with Gasteiger partial charge in [0.2, 0.25) is 5.91 Å². The van der Waals surface area contributed by atoms with E-state index >= 15 is 0 Å². The van der Waals surface area contributed by atoms with Gasteiger partial charge in [-0.15, -0.1) is 0 Å². The number of methoxy groups -OCH3 is 8. The molecule has 4 aromatic rings. The molecule has 34 heteroatoms. The van der Waals surface area contributed by atoms with Crippen LogP contribution in [0.1, 0.15) is 260 Å². The molecular formula is C109H136BrN11O21S. The lowest BCUT2D eigenvalue weighted by Gasteiger charge is -2.46. The fraction of sp³-hybridized carbons (Fsp3) is 0.587. The van der Waals surface area contributed by atoms with Gasteiger partial charge in [0.25, 0.3) is 23.6 Å². The normalized spacial score (nSPS) is 28.4. The van der Waals surface area contributed by atoms with Gasteiger partial charge in [-0.2, -0.15) is 0 Å². The molecule has 11 fully saturated rings. The zero-order chi connectivity index (χ0) is 103. The number of hydrogen-bond donors (Lipinski definition) is 8. The van der Waals surface area contributed by atoms with Crippen molar-refractivity contribution in [3.05, 3.63) is 140 Å². The highest BCUT2D eigenvalue weighted by Gasteiger charge is 2.72. The number of benzene rings is 4. The summed E-state index contributed by atoms with van der Waals surface area (Å²) in [5.74, 6) is 29.4. The summed E-state index contributed by atoms with van der Waals surface area (Å²) in [6.07, 6.45) is 27.1. The van der Waals surface area contributed by atoms with Crippen molar-refractivity contribution in [2.45, 2.75) is 265 Å². The second-order valence-corrected chi connectivity index (χ2v) is 41.5. The molecule has 766 valence electrons. The van der Waals surface area contributed by atoms with Crippen LogP contribution in [0.2, 0.25) is 0 Å². The van der Waals surface area contributed by atoms with E-state index in [1.807, 2.05) is 30.3 Å². The summed E-state index contributed by atoms with van der Waals surface area (Å²) in [4.78, 5) is 150. The number of amides is 9. The summed E-state index contributed by atoms with van der Waals surface area (Å²) in [6.45, 7) is 2.31. The van der Waals surface area contributed by atoms with Crippen molar-refractivity contribution < 1.29 is 101 Å². The Bertz CT molecular complexity index is 5410. The van der Waals surface area contributed by atoms with Gasteiger partial charge in [0.05, 0.1) is 78.5 Å². The average molecular weight is 2050 g/mol. The summed E-state index contributed by atoms with van der Waals surface area (Å²) in [7, 11) is 12.3. The third-order valence-corrected chi connectivity index (χ3v) is 32.8. The van der Waals surface area contributed by atoms with Gasteiger partial charge in [-0.25, -0.2) is 20.5 Å². The largest absolute Gasteiger partial charge is 0.469 e. The number of thiocarbonyl (C=S) groups is 1. The lowest BCUT2D eigenvalue weighted by Crippen LogP contribution is -2.56. The average Bonchev–Trinajstić information content (AvgIpc) is 1.54. The Labute approximate surface area is 851 Å². The van der Waals surface area contributed by atoms with E-state index in [4.69, 9.17) is 72.1 Å². The molecule has 4 unspecified atom stereocenters. The number of nitrogens with zero attached hydrogens (tertiary/aromatic N) is 5. The number of ether oxygens (including phenoxy) is 8. The predicted molar refractivity (Wildman–Crippen MR) is 537 cm³/mol. The van der Waals surface area contributed by atoms with Gasteiger partial charge in [0, 0.05) is 141 Å². The molecule has 4 aliphatic heterocycles. The summed E-state index contributed by atoms with van der Waals surface area (Å²) in [5.41, 5.74) is 17.7. The number of aliphatic hydroxyl groups excluding tert-OH is 1. The highest BCUT2D eigenvalue weighted by Crippen LogP contribution is 2.66. The molecule has 12 aliphatic carbocycles. The maximum atomic E-state index is 14.2.